The summed E-state index contributed by atoms with van der Waals surface area (Å²) in [6, 6.07) is 22.1. The third-order valence-electron chi connectivity index (χ3n) is 8.71. The molecule has 0 saturated carbocycles. The van der Waals surface area contributed by atoms with Gasteiger partial charge < -0.3 is 26.0 Å². The number of rotatable bonds is 3. The Morgan fingerprint density at radius 1 is 0.881 bits per heavy atom. The van der Waals surface area contributed by atoms with Gasteiger partial charge >= 0.3 is 0 Å². The molecule has 6 bridgehead atoms. The van der Waals surface area contributed by atoms with Crippen molar-refractivity contribution in [3.8, 4) is 11.5 Å². The summed E-state index contributed by atoms with van der Waals surface area (Å²) in [5.74, 6) is 0.0667. The van der Waals surface area contributed by atoms with Crippen LogP contribution in [0.4, 0.5) is 0 Å². The Kier molecular flexibility index (Phi) is 7.69. The molecule has 42 heavy (non-hydrogen) atoms. The maximum atomic E-state index is 13.1. The molecule has 0 aromatic heterocycles. The van der Waals surface area contributed by atoms with Gasteiger partial charge in [0.15, 0.2) is 5.96 Å². The fraction of sp³-hybridized carbons (Fsp3) is 0.344. The first-order chi connectivity index (χ1) is 20.2. The summed E-state index contributed by atoms with van der Waals surface area (Å²) < 4.78 is 49.3. The summed E-state index contributed by atoms with van der Waals surface area (Å²) in [6.45, 7) is 0.498. The number of aromatic hydroxyl groups is 1. The predicted octanol–water partition coefficient (Wildman–Crippen LogP) is 4.75. The zero-order valence-corrected chi connectivity index (χ0v) is 23.9. The molecule has 5 heterocycles. The molecule has 1 fully saturated rings. The van der Waals surface area contributed by atoms with Gasteiger partial charge in [0.2, 0.25) is 6.23 Å². The highest BCUT2D eigenvalue weighted by atomic mass is 32.2. The molecule has 6 aliphatic rings. The van der Waals surface area contributed by atoms with Crippen molar-refractivity contribution in [1.82, 2.24) is 0 Å². The monoisotopic (exact) mass is 589 g/mol. The largest absolute Gasteiger partial charge is 0.508 e. The quantitative estimate of drug-likeness (QED) is 0.147. The molecule has 3 aromatic rings. The van der Waals surface area contributed by atoms with Crippen molar-refractivity contribution in [3.63, 3.8) is 0 Å². The molecular weight excluding hydrogens is 554 g/mol. The zero-order valence-electron chi connectivity index (χ0n) is 23.0. The van der Waals surface area contributed by atoms with E-state index < -0.39 is 27.5 Å². The molecule has 9 rings (SSSR count). The van der Waals surface area contributed by atoms with E-state index in [0.717, 1.165) is 40.7 Å². The van der Waals surface area contributed by atoms with Gasteiger partial charge in [0.25, 0.3) is 10.1 Å². The first-order valence-electron chi connectivity index (χ1n) is 14.2. The Labute approximate surface area is 245 Å². The average Bonchev–Trinajstić information content (AvgIpc) is 3.12. The second-order valence-corrected chi connectivity index (χ2v) is 13.0. The number of hydrogen-bond acceptors (Lipinski definition) is 6. The van der Waals surface area contributed by atoms with Crippen molar-refractivity contribution in [2.75, 3.05) is 6.61 Å². The van der Waals surface area contributed by atoms with Crippen LogP contribution < -0.4 is 16.2 Å². The highest BCUT2D eigenvalue weighted by Gasteiger charge is 2.45. The molecule has 5 aliphatic heterocycles. The van der Waals surface area contributed by atoms with Crippen molar-refractivity contribution >= 4 is 16.1 Å². The summed E-state index contributed by atoms with van der Waals surface area (Å²) in [7, 11) is -4.42. The van der Waals surface area contributed by atoms with Crippen LogP contribution in [0.2, 0.25) is 0 Å². The van der Waals surface area contributed by atoms with Crippen LogP contribution in [0.5, 0.6) is 11.5 Å². The Hall–Kier alpha value is -3.86. The van der Waals surface area contributed by atoms with E-state index in [1.54, 1.807) is 24.3 Å². The molecule has 3 aromatic carbocycles. The molecule has 220 valence electrons. The SMILES string of the molecule is NC(N)=N[C@@H]1Oc2ccc(cc2)CC[C@@H](S(=O)(=O)O)[C@H]2C=C3C[C@@H](CCO[C@H]3c3ccc(O)cc3)[C@H]2c2ccc1cc2. The molecular formula is C32H35N3O6S. The topological polar surface area (TPSA) is 157 Å². The van der Waals surface area contributed by atoms with Gasteiger partial charge in [-0.1, -0.05) is 54.6 Å². The first kappa shape index (κ1) is 28.3. The molecule has 1 saturated heterocycles. The number of aryl methyl sites for hydroxylation is 1. The van der Waals surface area contributed by atoms with Gasteiger partial charge in [-0.3, -0.25) is 4.55 Å². The third kappa shape index (κ3) is 5.88. The number of nitrogens with zero attached hydrogens (tertiary/aromatic N) is 1. The summed E-state index contributed by atoms with van der Waals surface area (Å²) in [6.07, 6.45) is 3.08. The van der Waals surface area contributed by atoms with Crippen LogP contribution in [-0.4, -0.2) is 35.9 Å². The van der Waals surface area contributed by atoms with Gasteiger partial charge in [0.1, 0.15) is 17.6 Å². The molecule has 0 amide bonds. The first-order valence-corrected chi connectivity index (χ1v) is 15.7. The fourth-order valence-corrected chi connectivity index (χ4v) is 7.84. The van der Waals surface area contributed by atoms with Gasteiger partial charge in [-0.15, -0.1) is 0 Å². The Bertz CT molecular complexity index is 1580. The van der Waals surface area contributed by atoms with Crippen molar-refractivity contribution in [2.45, 2.75) is 49.2 Å². The van der Waals surface area contributed by atoms with E-state index in [9.17, 15) is 18.1 Å². The van der Waals surface area contributed by atoms with Gasteiger partial charge in [-0.2, -0.15) is 8.42 Å². The molecule has 6 N–H and O–H groups in total. The van der Waals surface area contributed by atoms with E-state index in [1.807, 2.05) is 54.6 Å². The van der Waals surface area contributed by atoms with Crippen LogP contribution in [0, 0.1) is 11.8 Å². The van der Waals surface area contributed by atoms with Crippen molar-refractivity contribution in [1.29, 1.82) is 0 Å². The normalized spacial score (nSPS) is 27.4. The number of hydrogen-bond donors (Lipinski definition) is 4. The Balaban J connectivity index is 1.49. The van der Waals surface area contributed by atoms with E-state index in [2.05, 4.69) is 4.99 Å². The van der Waals surface area contributed by atoms with Crippen molar-refractivity contribution in [2.24, 2.45) is 28.3 Å². The molecule has 6 atom stereocenters. The van der Waals surface area contributed by atoms with Crippen LogP contribution in [-0.2, 0) is 21.3 Å². The minimum atomic E-state index is -4.42. The van der Waals surface area contributed by atoms with E-state index in [0.29, 0.717) is 18.8 Å². The summed E-state index contributed by atoms with van der Waals surface area (Å²) in [4.78, 5) is 4.30. The second-order valence-electron chi connectivity index (χ2n) is 11.4. The summed E-state index contributed by atoms with van der Waals surface area (Å²) >= 11 is 0. The maximum Gasteiger partial charge on any atom is 0.268 e. The van der Waals surface area contributed by atoms with E-state index >= 15 is 0 Å². The molecule has 9 nitrogen and oxygen atoms in total. The number of phenols is 1. The van der Waals surface area contributed by atoms with Crippen molar-refractivity contribution < 1.29 is 27.6 Å². The number of benzene rings is 3. The van der Waals surface area contributed by atoms with Gasteiger partial charge in [-0.05, 0) is 84.0 Å². The van der Waals surface area contributed by atoms with E-state index in [1.165, 1.54) is 0 Å². The maximum absolute atomic E-state index is 13.1. The lowest BCUT2D eigenvalue weighted by atomic mass is 9.66. The van der Waals surface area contributed by atoms with Crippen LogP contribution >= 0.6 is 0 Å². The smallest absolute Gasteiger partial charge is 0.268 e. The van der Waals surface area contributed by atoms with E-state index in [4.69, 9.17) is 20.9 Å². The number of allylic oxidation sites excluding steroid dienone is 1. The number of aliphatic imine (C=N–C) groups is 1. The predicted molar refractivity (Wildman–Crippen MR) is 160 cm³/mol. The number of phenolic OH excluding ortho intramolecular Hbond substituents is 1. The fourth-order valence-electron chi connectivity index (χ4n) is 6.78. The Morgan fingerprint density at radius 2 is 1.55 bits per heavy atom. The lowest BCUT2D eigenvalue weighted by Gasteiger charge is -2.40. The molecule has 0 unspecified atom stereocenters. The number of nitrogens with two attached hydrogens (primary N) is 2. The van der Waals surface area contributed by atoms with Crippen LogP contribution in [0.1, 0.15) is 59.8 Å². The van der Waals surface area contributed by atoms with Crippen LogP contribution in [0.3, 0.4) is 0 Å². The van der Waals surface area contributed by atoms with Crippen LogP contribution in [0.25, 0.3) is 0 Å². The minimum Gasteiger partial charge on any atom is -0.508 e. The zero-order chi connectivity index (χ0) is 29.4. The molecule has 0 spiro atoms. The van der Waals surface area contributed by atoms with Crippen LogP contribution in [0.15, 0.2) is 89.4 Å². The number of ether oxygens (including phenoxy) is 2. The van der Waals surface area contributed by atoms with Gasteiger partial charge in [0.05, 0.1) is 5.25 Å². The number of fused-ring (bicyclic) bond motifs is 2. The standard InChI is InChI=1S/C32H35N3O6S/c33-32(34)35-31-22-6-4-20(5-7-22)29-23-15-16-40-30(21-8-10-25(36)11-9-21)24(17-23)18-27(29)28(42(37,38)39)14-3-19-1-12-26(41-31)13-2-19/h1-2,4-13,18,23,27-31,36H,3,14-17H2,(H4,33,34,35)(H,37,38,39)/t23-,27-,28-,29-,30+,31-/m1/s1. The second kappa shape index (κ2) is 11.4. The van der Waals surface area contributed by atoms with Gasteiger partial charge in [-0.25, -0.2) is 4.99 Å². The lowest BCUT2D eigenvalue weighted by Crippen LogP contribution is -2.38. The number of guanidine groups is 1. The van der Waals surface area contributed by atoms with Gasteiger partial charge in [0, 0.05) is 18.1 Å². The molecule has 1 aliphatic carbocycles. The molecule has 0 radical (unpaired) electrons. The minimum absolute atomic E-state index is 0.0894. The lowest BCUT2D eigenvalue weighted by molar-refractivity contribution is 0.0813. The summed E-state index contributed by atoms with van der Waals surface area (Å²) in [5.41, 5.74) is 16.0. The van der Waals surface area contributed by atoms with E-state index in [-0.39, 0.29) is 36.1 Å². The van der Waals surface area contributed by atoms with Crippen molar-refractivity contribution in [3.05, 3.63) is 107 Å². The third-order valence-corrected chi connectivity index (χ3v) is 10.0. The average molecular weight is 590 g/mol. The highest BCUT2D eigenvalue weighted by molar-refractivity contribution is 7.86. The Morgan fingerprint density at radius 3 is 2.21 bits per heavy atom. The highest BCUT2D eigenvalue weighted by Crippen LogP contribution is 2.51. The summed E-state index contributed by atoms with van der Waals surface area (Å²) in [5, 5.41) is 8.81. The molecule has 10 heteroatoms.